The van der Waals surface area contributed by atoms with E-state index in [1.165, 1.54) is 12.3 Å². The number of hydrogen-bond donors (Lipinski definition) is 1. The normalized spacial score (nSPS) is 10.5. The van der Waals surface area contributed by atoms with Crippen molar-refractivity contribution in [2.75, 3.05) is 6.61 Å². The summed E-state index contributed by atoms with van der Waals surface area (Å²) in [5, 5.41) is 0. The molecular weight excluding hydrogens is 224 g/mol. The minimum absolute atomic E-state index is 0.169. The van der Waals surface area contributed by atoms with E-state index in [-0.39, 0.29) is 30.6 Å². The molecule has 0 saturated heterocycles. The lowest BCUT2D eigenvalue weighted by atomic mass is 10.2. The Morgan fingerprint density at radius 3 is 2.76 bits per heavy atom. The third-order valence-electron chi connectivity index (χ3n) is 2.19. The molecule has 0 aliphatic carbocycles. The molecule has 94 valence electrons. The number of aromatic nitrogens is 2. The van der Waals surface area contributed by atoms with E-state index in [9.17, 15) is 14.4 Å². The van der Waals surface area contributed by atoms with Gasteiger partial charge in [-0.1, -0.05) is 13.8 Å². The monoisotopic (exact) mass is 240 g/mol. The van der Waals surface area contributed by atoms with E-state index >= 15 is 0 Å². The van der Waals surface area contributed by atoms with Crippen molar-refractivity contribution in [2.45, 2.75) is 26.8 Å². The number of H-pyrrole nitrogens is 1. The minimum Gasteiger partial charge on any atom is -0.465 e. The van der Waals surface area contributed by atoms with E-state index in [2.05, 4.69) is 4.98 Å². The van der Waals surface area contributed by atoms with Crippen molar-refractivity contribution < 1.29 is 9.53 Å². The summed E-state index contributed by atoms with van der Waals surface area (Å²) in [4.78, 5) is 36.1. The first-order valence-corrected chi connectivity index (χ1v) is 5.47. The highest BCUT2D eigenvalue weighted by molar-refractivity contribution is 5.71. The number of nitrogens with one attached hydrogen (secondary N) is 1. The fraction of sp³-hybridized carbons (Fsp3) is 0.545. The molecule has 0 spiro atoms. The molecule has 0 radical (unpaired) electrons. The van der Waals surface area contributed by atoms with Crippen LogP contribution in [0.4, 0.5) is 0 Å². The van der Waals surface area contributed by atoms with Gasteiger partial charge in [0, 0.05) is 18.8 Å². The van der Waals surface area contributed by atoms with Gasteiger partial charge < -0.3 is 9.72 Å². The Kier molecular flexibility index (Phi) is 4.68. The van der Waals surface area contributed by atoms with Gasteiger partial charge in [-0.2, -0.15) is 0 Å². The van der Waals surface area contributed by atoms with Crippen LogP contribution in [0.5, 0.6) is 0 Å². The molecule has 1 N–H and O–H groups in total. The second kappa shape index (κ2) is 6.03. The third-order valence-corrected chi connectivity index (χ3v) is 2.19. The van der Waals surface area contributed by atoms with Gasteiger partial charge >= 0.3 is 11.7 Å². The quantitative estimate of drug-likeness (QED) is 0.585. The zero-order valence-electron chi connectivity index (χ0n) is 9.93. The summed E-state index contributed by atoms with van der Waals surface area (Å²) in [6, 6.07) is 1.28. The van der Waals surface area contributed by atoms with Crippen LogP contribution < -0.4 is 11.2 Å². The zero-order chi connectivity index (χ0) is 12.8. The van der Waals surface area contributed by atoms with Crippen LogP contribution in [0.15, 0.2) is 21.9 Å². The summed E-state index contributed by atoms with van der Waals surface area (Å²) < 4.78 is 6.01. The Balaban J connectivity index is 2.45. The van der Waals surface area contributed by atoms with Gasteiger partial charge in [0.25, 0.3) is 5.56 Å². The summed E-state index contributed by atoms with van der Waals surface area (Å²) >= 11 is 0. The maximum absolute atomic E-state index is 11.3. The number of carbonyl (C=O) groups excluding carboxylic acids is 1. The van der Waals surface area contributed by atoms with Crippen LogP contribution in [0.25, 0.3) is 0 Å². The zero-order valence-corrected chi connectivity index (χ0v) is 9.93. The molecule has 0 atom stereocenters. The molecule has 0 bridgehead atoms. The molecule has 6 heteroatoms. The molecule has 1 aromatic heterocycles. The number of ether oxygens (including phenoxy) is 1. The molecule has 6 nitrogen and oxygen atoms in total. The van der Waals surface area contributed by atoms with Crippen molar-refractivity contribution in [3.05, 3.63) is 33.1 Å². The Bertz CT molecular complexity index is 458. The van der Waals surface area contributed by atoms with E-state index in [0.717, 1.165) is 4.57 Å². The number of hydrogen-bond acceptors (Lipinski definition) is 4. The molecule has 0 aliphatic rings. The Morgan fingerprint density at radius 1 is 1.47 bits per heavy atom. The lowest BCUT2D eigenvalue weighted by Gasteiger charge is -2.07. The van der Waals surface area contributed by atoms with E-state index in [0.29, 0.717) is 6.42 Å². The summed E-state index contributed by atoms with van der Waals surface area (Å²) in [6.45, 7) is 3.93. The molecule has 1 rings (SSSR count). The summed E-state index contributed by atoms with van der Waals surface area (Å²) in [5.41, 5.74) is -0.809. The van der Waals surface area contributed by atoms with Crippen LogP contribution in [-0.2, 0) is 16.1 Å². The third kappa shape index (κ3) is 3.90. The second-order valence-corrected chi connectivity index (χ2v) is 3.95. The van der Waals surface area contributed by atoms with Crippen molar-refractivity contribution in [3.8, 4) is 0 Å². The van der Waals surface area contributed by atoms with E-state index < -0.39 is 5.69 Å². The van der Waals surface area contributed by atoms with Gasteiger partial charge in [0.2, 0.25) is 0 Å². The predicted octanol–water partition coefficient (Wildman–Crippen LogP) is 0.126. The Labute approximate surface area is 98.2 Å². The number of rotatable bonds is 5. The fourth-order valence-electron chi connectivity index (χ4n) is 1.23. The van der Waals surface area contributed by atoms with E-state index in [1.54, 1.807) is 13.8 Å². The fourth-order valence-corrected chi connectivity index (χ4v) is 1.23. The summed E-state index contributed by atoms with van der Waals surface area (Å²) in [6.07, 6.45) is 1.74. The smallest absolute Gasteiger partial charge is 0.328 e. The van der Waals surface area contributed by atoms with Crippen LogP contribution >= 0.6 is 0 Å². The van der Waals surface area contributed by atoms with Crippen LogP contribution in [0.1, 0.15) is 20.3 Å². The molecule has 0 aliphatic heterocycles. The van der Waals surface area contributed by atoms with Crippen molar-refractivity contribution in [3.63, 3.8) is 0 Å². The highest BCUT2D eigenvalue weighted by Gasteiger charge is 2.07. The standard InChI is InChI=1S/C11H16N2O4/c1-8(2)10(15)17-7-3-6-13-9(14)4-5-12-11(13)16/h4-5,8H,3,6-7H2,1-2H3,(H,12,16). The molecule has 0 saturated carbocycles. The van der Waals surface area contributed by atoms with Gasteiger partial charge in [-0.3, -0.25) is 14.2 Å². The lowest BCUT2D eigenvalue weighted by molar-refractivity contribution is -0.147. The molecule has 1 heterocycles. The van der Waals surface area contributed by atoms with Gasteiger partial charge in [0.05, 0.1) is 12.5 Å². The number of esters is 1. The van der Waals surface area contributed by atoms with Gasteiger partial charge in [-0.15, -0.1) is 0 Å². The van der Waals surface area contributed by atoms with Crippen molar-refractivity contribution in [2.24, 2.45) is 5.92 Å². The largest absolute Gasteiger partial charge is 0.465 e. The molecule has 1 aromatic rings. The number of carbonyl (C=O) groups is 1. The molecule has 0 amide bonds. The topological polar surface area (TPSA) is 81.2 Å². The average molecular weight is 240 g/mol. The van der Waals surface area contributed by atoms with Crippen LogP contribution in [0, 0.1) is 5.92 Å². The van der Waals surface area contributed by atoms with Gasteiger partial charge in [0.15, 0.2) is 0 Å². The average Bonchev–Trinajstić information content (AvgIpc) is 2.27. The van der Waals surface area contributed by atoms with Crippen LogP contribution in [-0.4, -0.2) is 22.1 Å². The maximum atomic E-state index is 11.3. The highest BCUT2D eigenvalue weighted by atomic mass is 16.5. The first kappa shape index (κ1) is 13.2. The molecule has 0 fully saturated rings. The van der Waals surface area contributed by atoms with E-state index in [1.807, 2.05) is 0 Å². The van der Waals surface area contributed by atoms with E-state index in [4.69, 9.17) is 4.74 Å². The van der Waals surface area contributed by atoms with Crippen molar-refractivity contribution >= 4 is 5.97 Å². The first-order chi connectivity index (χ1) is 8.02. The van der Waals surface area contributed by atoms with Gasteiger partial charge in [-0.25, -0.2) is 4.79 Å². The minimum atomic E-state index is -0.451. The lowest BCUT2D eigenvalue weighted by Crippen LogP contribution is -2.34. The summed E-state index contributed by atoms with van der Waals surface area (Å²) in [5.74, 6) is -0.447. The van der Waals surface area contributed by atoms with Crippen molar-refractivity contribution in [1.29, 1.82) is 0 Å². The summed E-state index contributed by atoms with van der Waals surface area (Å²) in [7, 11) is 0. The van der Waals surface area contributed by atoms with Gasteiger partial charge in [-0.05, 0) is 6.42 Å². The molecular formula is C11H16N2O4. The SMILES string of the molecule is CC(C)C(=O)OCCCn1c(=O)cc[nH]c1=O. The van der Waals surface area contributed by atoms with Crippen molar-refractivity contribution in [1.82, 2.24) is 9.55 Å². The Hall–Kier alpha value is -1.85. The molecule has 17 heavy (non-hydrogen) atoms. The Morgan fingerprint density at radius 2 is 2.18 bits per heavy atom. The molecule has 0 unspecified atom stereocenters. The number of aromatic amines is 1. The van der Waals surface area contributed by atoms with Crippen LogP contribution in [0.2, 0.25) is 0 Å². The number of nitrogens with zero attached hydrogens (tertiary/aromatic N) is 1. The highest BCUT2D eigenvalue weighted by Crippen LogP contribution is 1.96. The van der Waals surface area contributed by atoms with Crippen LogP contribution in [0.3, 0.4) is 0 Å². The molecule has 0 aromatic carbocycles. The maximum Gasteiger partial charge on any atom is 0.328 e. The van der Waals surface area contributed by atoms with Gasteiger partial charge in [0.1, 0.15) is 0 Å². The second-order valence-electron chi connectivity index (χ2n) is 3.95. The predicted molar refractivity (Wildman–Crippen MR) is 61.7 cm³/mol. The first-order valence-electron chi connectivity index (χ1n) is 5.47.